The van der Waals surface area contributed by atoms with Crippen LogP contribution in [-0.4, -0.2) is 63.7 Å². The van der Waals surface area contributed by atoms with Crippen LogP contribution >= 0.6 is 0 Å². The Balaban J connectivity index is 1.58. The highest BCUT2D eigenvalue weighted by Crippen LogP contribution is 2.26. The lowest BCUT2D eigenvalue weighted by molar-refractivity contribution is -0.143. The number of nitrogens with zero attached hydrogens (tertiary/aromatic N) is 3. The summed E-state index contributed by atoms with van der Waals surface area (Å²) in [4.78, 5) is 27.3. The Morgan fingerprint density at radius 3 is 2.62 bits per heavy atom. The number of piperidine rings is 1. The Bertz CT molecular complexity index is 508. The van der Waals surface area contributed by atoms with Crippen LogP contribution in [0.4, 0.5) is 0 Å². The number of carboxylic acid groups (broad SMARTS) is 1. The fourth-order valence-electron chi connectivity index (χ4n) is 3.38. The molecule has 114 valence electrons. The number of amides is 1. The maximum absolute atomic E-state index is 12.2. The molecule has 0 aliphatic carbocycles. The summed E-state index contributed by atoms with van der Waals surface area (Å²) >= 11 is 0. The van der Waals surface area contributed by atoms with Crippen molar-refractivity contribution in [2.75, 3.05) is 19.6 Å². The second kappa shape index (κ2) is 5.85. The minimum Gasteiger partial charge on any atom is -0.480 e. The number of hydrogen-bond donors (Lipinski definition) is 1. The highest BCUT2D eigenvalue weighted by molar-refractivity contribution is 5.92. The number of rotatable bonds is 3. The van der Waals surface area contributed by atoms with Crippen LogP contribution in [0.5, 0.6) is 0 Å². The molecule has 2 aliphatic heterocycles. The smallest absolute Gasteiger partial charge is 0.320 e. The number of carbonyl (C=O) groups is 2. The van der Waals surface area contributed by atoms with Crippen molar-refractivity contribution in [2.24, 2.45) is 0 Å². The van der Waals surface area contributed by atoms with E-state index in [0.29, 0.717) is 18.8 Å². The molecule has 3 rings (SSSR count). The van der Waals surface area contributed by atoms with E-state index < -0.39 is 5.97 Å². The van der Waals surface area contributed by atoms with E-state index in [-0.39, 0.29) is 18.0 Å². The molecule has 0 aromatic carbocycles. The SMILES string of the molecule is O=C(O)C1CCCN1C1CCN(C(=O)c2ccon2)CC1. The molecule has 2 aliphatic rings. The molecule has 1 amide bonds. The van der Waals surface area contributed by atoms with Gasteiger partial charge >= 0.3 is 5.97 Å². The molecule has 1 N–H and O–H groups in total. The first-order chi connectivity index (χ1) is 10.2. The van der Waals surface area contributed by atoms with Gasteiger partial charge in [0.2, 0.25) is 0 Å². The highest BCUT2D eigenvalue weighted by atomic mass is 16.5. The summed E-state index contributed by atoms with van der Waals surface area (Å²) in [6, 6.07) is 1.47. The van der Waals surface area contributed by atoms with Crippen molar-refractivity contribution in [1.82, 2.24) is 15.0 Å². The van der Waals surface area contributed by atoms with Crippen LogP contribution in [0.15, 0.2) is 16.9 Å². The van der Waals surface area contributed by atoms with Crippen molar-refractivity contribution in [2.45, 2.75) is 37.8 Å². The average Bonchev–Trinajstić information content (AvgIpc) is 3.18. The van der Waals surface area contributed by atoms with Crippen molar-refractivity contribution >= 4 is 11.9 Å². The van der Waals surface area contributed by atoms with E-state index in [2.05, 4.69) is 10.1 Å². The highest BCUT2D eigenvalue weighted by Gasteiger charge is 2.37. The van der Waals surface area contributed by atoms with Gasteiger partial charge in [-0.15, -0.1) is 0 Å². The van der Waals surface area contributed by atoms with Crippen molar-refractivity contribution in [3.8, 4) is 0 Å². The van der Waals surface area contributed by atoms with E-state index in [9.17, 15) is 14.7 Å². The molecule has 0 radical (unpaired) electrons. The van der Waals surface area contributed by atoms with Gasteiger partial charge in [0.1, 0.15) is 12.3 Å². The second-order valence-electron chi connectivity index (χ2n) is 5.64. The van der Waals surface area contributed by atoms with Gasteiger partial charge in [-0.2, -0.15) is 0 Å². The molecule has 7 heteroatoms. The van der Waals surface area contributed by atoms with Crippen molar-refractivity contribution < 1.29 is 19.2 Å². The third-order valence-electron chi connectivity index (χ3n) is 4.46. The summed E-state index contributed by atoms with van der Waals surface area (Å²) in [5, 5.41) is 12.9. The van der Waals surface area contributed by atoms with Crippen molar-refractivity contribution in [3.63, 3.8) is 0 Å². The predicted octanol–water partition coefficient (Wildman–Crippen LogP) is 0.828. The van der Waals surface area contributed by atoms with Crippen molar-refractivity contribution in [1.29, 1.82) is 0 Å². The Hall–Kier alpha value is -1.89. The van der Waals surface area contributed by atoms with Gasteiger partial charge in [0.15, 0.2) is 5.69 Å². The third-order valence-corrected chi connectivity index (χ3v) is 4.46. The third kappa shape index (κ3) is 2.78. The summed E-state index contributed by atoms with van der Waals surface area (Å²) in [6.45, 7) is 2.12. The van der Waals surface area contributed by atoms with E-state index in [1.807, 2.05) is 0 Å². The number of carbonyl (C=O) groups excluding carboxylic acids is 1. The first-order valence-electron chi connectivity index (χ1n) is 7.35. The molecule has 1 aromatic heterocycles. The standard InChI is InChI=1S/C14H19N3O4/c18-13(11-5-9-21-15-11)16-7-3-10(4-8-16)17-6-1-2-12(17)14(19)20/h5,9-10,12H,1-4,6-8H2,(H,19,20). The van der Waals surface area contributed by atoms with Gasteiger partial charge in [-0.25, -0.2) is 0 Å². The van der Waals surface area contributed by atoms with E-state index in [1.54, 1.807) is 11.0 Å². The first-order valence-corrected chi connectivity index (χ1v) is 7.35. The molecule has 1 atom stereocenters. The van der Waals surface area contributed by atoms with E-state index >= 15 is 0 Å². The van der Waals surface area contributed by atoms with Gasteiger partial charge in [-0.3, -0.25) is 14.5 Å². The summed E-state index contributed by atoms with van der Waals surface area (Å²) in [7, 11) is 0. The molecule has 1 aromatic rings. The lowest BCUT2D eigenvalue weighted by Gasteiger charge is -2.38. The van der Waals surface area contributed by atoms with Gasteiger partial charge in [0.25, 0.3) is 5.91 Å². The number of likely N-dealkylation sites (tertiary alicyclic amines) is 2. The molecule has 1 unspecified atom stereocenters. The van der Waals surface area contributed by atoms with Gasteiger partial charge in [-0.1, -0.05) is 5.16 Å². The van der Waals surface area contributed by atoms with Crippen LogP contribution in [0.3, 0.4) is 0 Å². The van der Waals surface area contributed by atoms with Gasteiger partial charge in [0.05, 0.1) is 0 Å². The first kappa shape index (κ1) is 14.1. The van der Waals surface area contributed by atoms with Crippen LogP contribution in [0.2, 0.25) is 0 Å². The Morgan fingerprint density at radius 1 is 1.24 bits per heavy atom. The summed E-state index contributed by atoms with van der Waals surface area (Å²) in [6.07, 6.45) is 4.69. The molecule has 21 heavy (non-hydrogen) atoms. The van der Waals surface area contributed by atoms with Gasteiger partial charge in [0, 0.05) is 25.2 Å². The summed E-state index contributed by atoms with van der Waals surface area (Å²) < 4.78 is 4.70. The number of hydrogen-bond acceptors (Lipinski definition) is 5. The Morgan fingerprint density at radius 2 is 2.00 bits per heavy atom. The van der Waals surface area contributed by atoms with Crippen LogP contribution < -0.4 is 0 Å². The van der Waals surface area contributed by atoms with E-state index in [4.69, 9.17) is 4.52 Å². The lowest BCUT2D eigenvalue weighted by Crippen LogP contribution is -2.50. The second-order valence-corrected chi connectivity index (χ2v) is 5.64. The average molecular weight is 293 g/mol. The van der Waals surface area contributed by atoms with Crippen LogP contribution in [-0.2, 0) is 4.79 Å². The van der Waals surface area contributed by atoms with E-state index in [0.717, 1.165) is 32.2 Å². The lowest BCUT2D eigenvalue weighted by atomic mass is 10.0. The quantitative estimate of drug-likeness (QED) is 0.888. The van der Waals surface area contributed by atoms with Crippen LogP contribution in [0, 0.1) is 0 Å². The molecule has 2 saturated heterocycles. The fourth-order valence-corrected chi connectivity index (χ4v) is 3.38. The maximum Gasteiger partial charge on any atom is 0.320 e. The largest absolute Gasteiger partial charge is 0.480 e. The van der Waals surface area contributed by atoms with Gasteiger partial charge in [-0.05, 0) is 32.2 Å². The zero-order chi connectivity index (χ0) is 14.8. The molecule has 7 nitrogen and oxygen atoms in total. The van der Waals surface area contributed by atoms with Crippen molar-refractivity contribution in [3.05, 3.63) is 18.0 Å². The summed E-state index contributed by atoms with van der Waals surface area (Å²) in [5.74, 6) is -0.841. The summed E-state index contributed by atoms with van der Waals surface area (Å²) in [5.41, 5.74) is 0.332. The molecule has 0 spiro atoms. The molecule has 3 heterocycles. The minimum atomic E-state index is -0.728. The van der Waals surface area contributed by atoms with Crippen LogP contribution in [0.1, 0.15) is 36.2 Å². The Kier molecular flexibility index (Phi) is 3.92. The minimum absolute atomic E-state index is 0.113. The zero-order valence-electron chi connectivity index (χ0n) is 11.8. The maximum atomic E-state index is 12.2. The molecular weight excluding hydrogens is 274 g/mol. The Labute approximate surface area is 122 Å². The monoisotopic (exact) mass is 293 g/mol. The molecule has 0 bridgehead atoms. The van der Waals surface area contributed by atoms with Crippen LogP contribution in [0.25, 0.3) is 0 Å². The van der Waals surface area contributed by atoms with E-state index in [1.165, 1.54) is 6.26 Å². The fraction of sp³-hybridized carbons (Fsp3) is 0.643. The predicted molar refractivity (Wildman–Crippen MR) is 72.8 cm³/mol. The zero-order valence-corrected chi connectivity index (χ0v) is 11.8. The van der Waals surface area contributed by atoms with Gasteiger partial charge < -0.3 is 14.5 Å². The molecule has 0 saturated carbocycles. The molecule has 2 fully saturated rings. The molecular formula is C14H19N3O4. The number of aliphatic carboxylic acids is 1. The topological polar surface area (TPSA) is 86.9 Å². The normalized spacial score (nSPS) is 24.4. The number of aromatic nitrogens is 1. The number of carboxylic acids is 1.